The number of carbonyl (C=O) groups is 1. The fraction of sp³-hybridized carbons (Fsp3) is 0.227. The smallest absolute Gasteiger partial charge is 0.338 e. The monoisotopic (exact) mass is 458 g/mol. The van der Waals surface area contributed by atoms with Crippen LogP contribution in [0.1, 0.15) is 31.0 Å². The molecular weight excluding hydrogens is 439 g/mol. The first kappa shape index (κ1) is 21.4. The molecule has 1 aromatic heterocycles. The van der Waals surface area contributed by atoms with E-state index >= 15 is 0 Å². The molecule has 0 saturated heterocycles. The lowest BCUT2D eigenvalue weighted by atomic mass is 9.96. The molecule has 0 unspecified atom stereocenters. The number of halogens is 2. The van der Waals surface area contributed by atoms with Crippen LogP contribution in [0.5, 0.6) is 0 Å². The highest BCUT2D eigenvalue weighted by Crippen LogP contribution is 2.37. The summed E-state index contributed by atoms with van der Waals surface area (Å²) in [7, 11) is 0. The Hall–Kier alpha value is -2.84. The Bertz CT molecular complexity index is 1150. The first-order valence-electron chi connectivity index (χ1n) is 9.71. The van der Waals surface area contributed by atoms with Crippen LogP contribution in [0.3, 0.4) is 0 Å². The van der Waals surface area contributed by atoms with E-state index in [1.807, 2.05) is 24.3 Å². The molecule has 31 heavy (non-hydrogen) atoms. The zero-order valence-electron chi connectivity index (χ0n) is 16.9. The summed E-state index contributed by atoms with van der Waals surface area (Å²) in [6.07, 6.45) is 0. The summed E-state index contributed by atoms with van der Waals surface area (Å²) in [5.74, 6) is 0.294. The van der Waals surface area contributed by atoms with E-state index in [0.29, 0.717) is 38.7 Å². The molecule has 1 aliphatic rings. The van der Waals surface area contributed by atoms with Crippen molar-refractivity contribution in [3.05, 3.63) is 81.8 Å². The molecule has 3 aromatic rings. The van der Waals surface area contributed by atoms with Gasteiger partial charge in [0.2, 0.25) is 11.1 Å². The molecule has 6 nitrogen and oxygen atoms in total. The summed E-state index contributed by atoms with van der Waals surface area (Å²) in [4.78, 5) is 17.3. The van der Waals surface area contributed by atoms with Gasteiger partial charge in [0.15, 0.2) is 0 Å². The predicted molar refractivity (Wildman–Crippen MR) is 119 cm³/mol. The van der Waals surface area contributed by atoms with E-state index in [1.54, 1.807) is 30.7 Å². The third-order valence-corrected chi connectivity index (χ3v) is 6.08. The maximum Gasteiger partial charge on any atom is 0.338 e. The Balaban J connectivity index is 1.70. The van der Waals surface area contributed by atoms with Crippen LogP contribution in [0.2, 0.25) is 5.02 Å². The molecule has 0 aliphatic carbocycles. The number of carbonyl (C=O) groups excluding carboxylic acids is 1. The minimum Gasteiger partial charge on any atom is -0.463 e. The summed E-state index contributed by atoms with van der Waals surface area (Å²) in [6, 6.07) is 13.0. The lowest BCUT2D eigenvalue weighted by Crippen LogP contribution is -2.29. The third-order valence-electron chi connectivity index (χ3n) is 4.83. The number of rotatable bonds is 6. The van der Waals surface area contributed by atoms with Gasteiger partial charge in [-0.3, -0.25) is 0 Å². The average molecular weight is 459 g/mol. The van der Waals surface area contributed by atoms with Gasteiger partial charge in [0.1, 0.15) is 11.9 Å². The summed E-state index contributed by atoms with van der Waals surface area (Å²) >= 11 is 7.69. The highest BCUT2D eigenvalue weighted by Gasteiger charge is 2.35. The Morgan fingerprint density at radius 2 is 2.00 bits per heavy atom. The lowest BCUT2D eigenvalue weighted by Gasteiger charge is -2.28. The van der Waals surface area contributed by atoms with Crippen molar-refractivity contribution < 1.29 is 13.9 Å². The van der Waals surface area contributed by atoms with Crippen molar-refractivity contribution in [3.63, 3.8) is 0 Å². The van der Waals surface area contributed by atoms with Crippen LogP contribution in [0.15, 0.2) is 65.0 Å². The molecule has 9 heteroatoms. The van der Waals surface area contributed by atoms with Crippen LogP contribution >= 0.6 is 23.4 Å². The molecule has 0 bridgehead atoms. The molecule has 2 heterocycles. The van der Waals surface area contributed by atoms with Gasteiger partial charge in [-0.15, -0.1) is 5.10 Å². The van der Waals surface area contributed by atoms with Crippen LogP contribution in [-0.2, 0) is 15.3 Å². The maximum absolute atomic E-state index is 13.5. The normalized spacial score (nSPS) is 15.4. The van der Waals surface area contributed by atoms with Crippen molar-refractivity contribution in [2.24, 2.45) is 0 Å². The number of allylic oxidation sites excluding steroid dienone is 1. The van der Waals surface area contributed by atoms with Gasteiger partial charge in [0.25, 0.3) is 0 Å². The Morgan fingerprint density at radius 1 is 1.26 bits per heavy atom. The summed E-state index contributed by atoms with van der Waals surface area (Å²) in [6.45, 7) is 3.79. The zero-order chi connectivity index (χ0) is 22.0. The van der Waals surface area contributed by atoms with Gasteiger partial charge in [-0.1, -0.05) is 53.7 Å². The first-order valence-corrected chi connectivity index (χ1v) is 11.1. The van der Waals surface area contributed by atoms with Gasteiger partial charge in [-0.05, 0) is 43.2 Å². The zero-order valence-corrected chi connectivity index (χ0v) is 18.5. The highest BCUT2D eigenvalue weighted by atomic mass is 35.5. The summed E-state index contributed by atoms with van der Waals surface area (Å²) in [5, 5.41) is 8.99. The second-order valence-electron chi connectivity index (χ2n) is 6.88. The molecular formula is C22H20ClFN4O2S. The first-order chi connectivity index (χ1) is 15.0. The molecule has 4 rings (SSSR count). The van der Waals surface area contributed by atoms with E-state index in [1.165, 1.54) is 23.9 Å². The van der Waals surface area contributed by atoms with E-state index in [4.69, 9.17) is 16.3 Å². The van der Waals surface area contributed by atoms with Gasteiger partial charge in [0.05, 0.1) is 12.2 Å². The molecule has 1 aliphatic heterocycles. The fourth-order valence-electron chi connectivity index (χ4n) is 3.38. The van der Waals surface area contributed by atoms with E-state index in [0.717, 1.165) is 5.56 Å². The van der Waals surface area contributed by atoms with Crippen LogP contribution in [0, 0.1) is 5.82 Å². The molecule has 1 N–H and O–H groups in total. The summed E-state index contributed by atoms with van der Waals surface area (Å²) < 4.78 is 20.5. The van der Waals surface area contributed by atoms with Gasteiger partial charge in [-0.2, -0.15) is 4.98 Å². The minimum absolute atomic E-state index is 0.245. The molecule has 0 spiro atoms. The lowest BCUT2D eigenvalue weighted by molar-refractivity contribution is -0.139. The van der Waals surface area contributed by atoms with E-state index in [9.17, 15) is 9.18 Å². The van der Waals surface area contributed by atoms with E-state index < -0.39 is 12.0 Å². The second kappa shape index (κ2) is 9.11. The molecule has 2 aromatic carbocycles. The number of nitrogens with zero attached hydrogens (tertiary/aromatic N) is 3. The number of hydrogen-bond donors (Lipinski definition) is 1. The Kier molecular flexibility index (Phi) is 6.29. The van der Waals surface area contributed by atoms with Crippen LogP contribution in [-0.4, -0.2) is 27.3 Å². The van der Waals surface area contributed by atoms with Crippen LogP contribution in [0.25, 0.3) is 0 Å². The SMILES string of the molecule is CCOC(=O)C1=C(C)Nc2nc(SCc3ccccc3Cl)nn2[C@@H]1c1ccc(F)cc1. The molecule has 0 radical (unpaired) electrons. The number of thioether (sulfide) groups is 1. The van der Waals surface area contributed by atoms with E-state index in [2.05, 4.69) is 15.4 Å². The average Bonchev–Trinajstić information content (AvgIpc) is 3.15. The Labute approximate surface area is 188 Å². The second-order valence-corrected chi connectivity index (χ2v) is 8.23. The van der Waals surface area contributed by atoms with Crippen molar-refractivity contribution in [3.8, 4) is 0 Å². The standard InChI is InChI=1S/C22H20ClFN4O2S/c1-3-30-20(29)18-13(2)25-21-26-22(31-12-15-6-4-5-7-17(15)23)27-28(21)19(18)14-8-10-16(24)11-9-14/h4-11,19H,3,12H2,1-2H3,(H,25,26,27)/t19-/m1/s1. The Morgan fingerprint density at radius 3 is 2.71 bits per heavy atom. The summed E-state index contributed by atoms with van der Waals surface area (Å²) in [5.41, 5.74) is 2.72. The predicted octanol–water partition coefficient (Wildman–Crippen LogP) is 5.21. The number of aromatic nitrogens is 3. The number of benzene rings is 2. The highest BCUT2D eigenvalue weighted by molar-refractivity contribution is 7.98. The van der Waals surface area contributed by atoms with Crippen LogP contribution in [0.4, 0.5) is 10.3 Å². The fourth-order valence-corrected chi connectivity index (χ4v) is 4.49. The largest absolute Gasteiger partial charge is 0.463 e. The van der Waals surface area contributed by atoms with Crippen molar-refractivity contribution in [1.29, 1.82) is 0 Å². The molecule has 0 saturated carbocycles. The van der Waals surface area contributed by atoms with Crippen molar-refractivity contribution in [2.75, 3.05) is 11.9 Å². The van der Waals surface area contributed by atoms with Gasteiger partial charge >= 0.3 is 5.97 Å². The maximum atomic E-state index is 13.5. The van der Waals surface area contributed by atoms with Crippen molar-refractivity contribution in [2.45, 2.75) is 30.8 Å². The number of fused-ring (bicyclic) bond motifs is 1. The molecule has 160 valence electrons. The number of anilines is 1. The van der Waals surface area contributed by atoms with Gasteiger partial charge < -0.3 is 10.1 Å². The molecule has 1 atom stereocenters. The number of hydrogen-bond acceptors (Lipinski definition) is 6. The van der Waals surface area contributed by atoms with Crippen molar-refractivity contribution >= 4 is 35.3 Å². The quantitative estimate of drug-likeness (QED) is 0.403. The van der Waals surface area contributed by atoms with Crippen LogP contribution < -0.4 is 5.32 Å². The number of ether oxygens (including phenoxy) is 1. The number of nitrogens with one attached hydrogen (secondary N) is 1. The molecule has 0 amide bonds. The van der Waals surface area contributed by atoms with Crippen molar-refractivity contribution in [1.82, 2.24) is 14.8 Å². The topological polar surface area (TPSA) is 69.0 Å². The molecule has 0 fully saturated rings. The minimum atomic E-state index is -0.585. The van der Waals surface area contributed by atoms with Gasteiger partial charge in [-0.25, -0.2) is 13.9 Å². The third kappa shape index (κ3) is 4.45. The van der Waals surface area contributed by atoms with E-state index in [-0.39, 0.29) is 12.4 Å². The number of esters is 1. The van der Waals surface area contributed by atoms with Gasteiger partial charge in [0, 0.05) is 16.5 Å².